The predicted molar refractivity (Wildman–Crippen MR) is 68.4 cm³/mol. The van der Waals surface area contributed by atoms with Crippen LogP contribution in [0.25, 0.3) is 0 Å². The van der Waals surface area contributed by atoms with Gasteiger partial charge in [0.25, 0.3) is 0 Å². The highest BCUT2D eigenvalue weighted by molar-refractivity contribution is 6.18. The zero-order valence-electron chi connectivity index (χ0n) is 10.3. The van der Waals surface area contributed by atoms with Crippen LogP contribution in [0, 0.1) is 5.92 Å². The number of alkyl halides is 1. The Labute approximate surface area is 107 Å². The first-order chi connectivity index (χ1) is 8.08. The molecular weight excluding hydrogens is 240 g/mol. The third-order valence-electron chi connectivity index (χ3n) is 2.36. The first kappa shape index (κ1) is 13.8. The van der Waals surface area contributed by atoms with E-state index in [4.69, 9.17) is 21.1 Å². The zero-order chi connectivity index (χ0) is 12.8. The predicted octanol–water partition coefficient (Wildman–Crippen LogP) is 3.15. The summed E-state index contributed by atoms with van der Waals surface area (Å²) in [5.41, 5.74) is 0.611. The Kier molecular flexibility index (Phi) is 5.29. The molecule has 17 heavy (non-hydrogen) atoms. The van der Waals surface area contributed by atoms with E-state index in [0.717, 1.165) is 0 Å². The summed E-state index contributed by atoms with van der Waals surface area (Å²) in [5.74, 6) is 2.03. The third-order valence-corrected chi connectivity index (χ3v) is 2.88. The van der Waals surface area contributed by atoms with E-state index < -0.39 is 0 Å². The summed E-state index contributed by atoms with van der Waals surface area (Å²) in [7, 11) is 1.55. The molecule has 4 heteroatoms. The summed E-state index contributed by atoms with van der Waals surface area (Å²) in [6.45, 7) is 4.05. The van der Waals surface area contributed by atoms with Gasteiger partial charge in [-0.25, -0.2) is 0 Å². The Balaban J connectivity index is 2.82. The second-order valence-electron chi connectivity index (χ2n) is 3.99. The van der Waals surface area contributed by atoms with Crippen LogP contribution in [-0.2, 0) is 0 Å². The van der Waals surface area contributed by atoms with Crippen molar-refractivity contribution in [3.05, 3.63) is 23.8 Å². The normalized spacial score (nSPS) is 12.0. The van der Waals surface area contributed by atoms with Crippen molar-refractivity contribution < 1.29 is 14.3 Å². The van der Waals surface area contributed by atoms with Crippen molar-refractivity contribution in [2.24, 2.45) is 5.92 Å². The Bertz CT molecular complexity index is 390. The SMILES string of the molecule is COc1cc(C(C)=O)ccc1OCC(C)CCl. The minimum Gasteiger partial charge on any atom is -0.493 e. The fourth-order valence-corrected chi connectivity index (χ4v) is 1.37. The second-order valence-corrected chi connectivity index (χ2v) is 4.30. The fraction of sp³-hybridized carbons (Fsp3) is 0.462. The van der Waals surface area contributed by atoms with Gasteiger partial charge in [0, 0.05) is 17.4 Å². The highest BCUT2D eigenvalue weighted by Gasteiger charge is 2.09. The first-order valence-corrected chi connectivity index (χ1v) is 5.99. The van der Waals surface area contributed by atoms with Gasteiger partial charge in [0.2, 0.25) is 0 Å². The van der Waals surface area contributed by atoms with Crippen molar-refractivity contribution in [1.82, 2.24) is 0 Å². The number of carbonyl (C=O) groups excluding carboxylic acids is 1. The van der Waals surface area contributed by atoms with Gasteiger partial charge < -0.3 is 9.47 Å². The molecule has 0 aliphatic heterocycles. The lowest BCUT2D eigenvalue weighted by Gasteiger charge is -2.13. The monoisotopic (exact) mass is 256 g/mol. The number of ether oxygens (including phenoxy) is 2. The summed E-state index contributed by atoms with van der Waals surface area (Å²) < 4.78 is 10.8. The minimum atomic E-state index is 0.00368. The second kappa shape index (κ2) is 6.50. The molecule has 0 bridgehead atoms. The number of methoxy groups -OCH3 is 1. The number of Topliss-reactive ketones (excluding diaryl/α,β-unsaturated/α-hetero) is 1. The molecule has 0 saturated carbocycles. The van der Waals surface area contributed by atoms with Gasteiger partial charge in [0.15, 0.2) is 17.3 Å². The van der Waals surface area contributed by atoms with E-state index >= 15 is 0 Å². The molecule has 1 atom stereocenters. The molecule has 1 aromatic rings. The molecule has 0 amide bonds. The fourth-order valence-electron chi connectivity index (χ4n) is 1.28. The molecule has 0 aliphatic rings. The summed E-state index contributed by atoms with van der Waals surface area (Å²) in [5, 5.41) is 0. The van der Waals surface area contributed by atoms with Gasteiger partial charge in [-0.2, -0.15) is 0 Å². The van der Waals surface area contributed by atoms with E-state index in [0.29, 0.717) is 29.5 Å². The van der Waals surface area contributed by atoms with Crippen LogP contribution in [0.15, 0.2) is 18.2 Å². The van der Waals surface area contributed by atoms with E-state index in [9.17, 15) is 4.79 Å². The molecule has 0 aliphatic carbocycles. The number of rotatable bonds is 6. The molecular formula is C13H17ClO3. The van der Waals surface area contributed by atoms with E-state index in [-0.39, 0.29) is 11.7 Å². The van der Waals surface area contributed by atoms with Crippen LogP contribution in [0.4, 0.5) is 0 Å². The molecule has 0 radical (unpaired) electrons. The van der Waals surface area contributed by atoms with Gasteiger partial charge in [-0.1, -0.05) is 6.92 Å². The Morgan fingerprint density at radius 1 is 1.41 bits per heavy atom. The van der Waals surface area contributed by atoms with Gasteiger partial charge in [0.05, 0.1) is 13.7 Å². The first-order valence-electron chi connectivity index (χ1n) is 5.46. The zero-order valence-corrected chi connectivity index (χ0v) is 11.1. The highest BCUT2D eigenvalue weighted by atomic mass is 35.5. The largest absolute Gasteiger partial charge is 0.493 e. The lowest BCUT2D eigenvalue weighted by Crippen LogP contribution is -2.10. The molecule has 1 rings (SSSR count). The Morgan fingerprint density at radius 3 is 2.65 bits per heavy atom. The number of hydrogen-bond donors (Lipinski definition) is 0. The van der Waals surface area contributed by atoms with Gasteiger partial charge in [-0.3, -0.25) is 4.79 Å². The molecule has 3 nitrogen and oxygen atoms in total. The number of halogens is 1. The van der Waals surface area contributed by atoms with E-state index in [1.807, 2.05) is 6.92 Å². The van der Waals surface area contributed by atoms with Gasteiger partial charge in [-0.05, 0) is 25.1 Å². The van der Waals surface area contributed by atoms with Gasteiger partial charge >= 0.3 is 0 Å². The van der Waals surface area contributed by atoms with Crippen LogP contribution in [0.3, 0.4) is 0 Å². The van der Waals surface area contributed by atoms with Crippen LogP contribution in [0.1, 0.15) is 24.2 Å². The molecule has 0 heterocycles. The van der Waals surface area contributed by atoms with Crippen LogP contribution in [-0.4, -0.2) is 25.4 Å². The van der Waals surface area contributed by atoms with Crippen LogP contribution in [0.5, 0.6) is 11.5 Å². The molecule has 94 valence electrons. The third kappa shape index (κ3) is 3.93. The molecule has 0 fully saturated rings. The minimum absolute atomic E-state index is 0.00368. The summed E-state index contributed by atoms with van der Waals surface area (Å²) in [4.78, 5) is 11.2. The molecule has 0 N–H and O–H groups in total. The average Bonchev–Trinajstić information content (AvgIpc) is 2.35. The topological polar surface area (TPSA) is 35.5 Å². The maximum atomic E-state index is 11.2. The summed E-state index contributed by atoms with van der Waals surface area (Å²) in [6, 6.07) is 5.16. The molecule has 0 saturated heterocycles. The number of carbonyl (C=O) groups is 1. The van der Waals surface area contributed by atoms with Crippen molar-refractivity contribution in [2.75, 3.05) is 19.6 Å². The summed E-state index contributed by atoms with van der Waals surface area (Å²) >= 11 is 5.70. The smallest absolute Gasteiger partial charge is 0.161 e. The van der Waals surface area contributed by atoms with Crippen LogP contribution in [0.2, 0.25) is 0 Å². The quantitative estimate of drug-likeness (QED) is 0.579. The molecule has 1 unspecified atom stereocenters. The van der Waals surface area contributed by atoms with Crippen LogP contribution >= 0.6 is 11.6 Å². The average molecular weight is 257 g/mol. The number of benzene rings is 1. The highest BCUT2D eigenvalue weighted by Crippen LogP contribution is 2.28. The Hall–Kier alpha value is -1.22. The molecule has 1 aromatic carbocycles. The number of hydrogen-bond acceptors (Lipinski definition) is 3. The summed E-state index contributed by atoms with van der Waals surface area (Å²) in [6.07, 6.45) is 0. The molecule has 0 aromatic heterocycles. The van der Waals surface area contributed by atoms with Crippen molar-refractivity contribution in [3.63, 3.8) is 0 Å². The lowest BCUT2D eigenvalue weighted by molar-refractivity contribution is 0.101. The van der Waals surface area contributed by atoms with Crippen molar-refractivity contribution in [2.45, 2.75) is 13.8 Å². The van der Waals surface area contributed by atoms with E-state index in [1.54, 1.807) is 25.3 Å². The van der Waals surface area contributed by atoms with Crippen molar-refractivity contribution in [1.29, 1.82) is 0 Å². The van der Waals surface area contributed by atoms with Gasteiger partial charge in [0.1, 0.15) is 0 Å². The number of ketones is 1. The Morgan fingerprint density at radius 2 is 2.12 bits per heavy atom. The lowest BCUT2D eigenvalue weighted by atomic mass is 10.1. The van der Waals surface area contributed by atoms with Crippen molar-refractivity contribution >= 4 is 17.4 Å². The van der Waals surface area contributed by atoms with E-state index in [1.165, 1.54) is 6.92 Å². The maximum absolute atomic E-state index is 11.2. The van der Waals surface area contributed by atoms with Crippen molar-refractivity contribution in [3.8, 4) is 11.5 Å². The van der Waals surface area contributed by atoms with Gasteiger partial charge in [-0.15, -0.1) is 11.6 Å². The molecule has 0 spiro atoms. The standard InChI is InChI=1S/C13H17ClO3/c1-9(7-14)8-17-12-5-4-11(10(2)15)6-13(12)16-3/h4-6,9H,7-8H2,1-3H3. The van der Waals surface area contributed by atoms with Crippen LogP contribution < -0.4 is 9.47 Å². The van der Waals surface area contributed by atoms with E-state index in [2.05, 4.69) is 0 Å². The maximum Gasteiger partial charge on any atom is 0.161 e.